The van der Waals surface area contributed by atoms with Gasteiger partial charge in [-0.1, -0.05) is 0 Å². The van der Waals surface area contributed by atoms with Gasteiger partial charge in [0.15, 0.2) is 5.78 Å². The average Bonchev–Trinajstić information content (AvgIpc) is 2.60. The molecule has 0 aliphatic heterocycles. The van der Waals surface area contributed by atoms with Gasteiger partial charge in [-0.05, 0) is 31.1 Å². The van der Waals surface area contributed by atoms with E-state index in [2.05, 4.69) is 0 Å². The standard InChI is InChI=1S/C14H18O4/c1-8(15)18-7-14-4-3-9-5-10(13(9)14)11(16)6-12(14)17-2/h6,9-10,13H,3-5,7H2,1-2H3/t9-,10-,13-,14-/m0/s1. The van der Waals surface area contributed by atoms with E-state index in [0.29, 0.717) is 18.4 Å². The molecule has 0 amide bonds. The van der Waals surface area contributed by atoms with Crippen LogP contribution < -0.4 is 0 Å². The minimum absolute atomic E-state index is 0.131. The van der Waals surface area contributed by atoms with Crippen molar-refractivity contribution in [2.75, 3.05) is 13.7 Å². The SMILES string of the molecule is COC1=CC(=O)[C@@H]2C[C@@H]3CC[C@@]1(COC(C)=O)[C@@H]32. The molecule has 3 aliphatic rings. The van der Waals surface area contributed by atoms with E-state index in [1.165, 1.54) is 6.92 Å². The number of allylic oxidation sites excluding steroid dienone is 1. The molecule has 3 aliphatic carbocycles. The predicted molar refractivity (Wildman–Crippen MR) is 63.5 cm³/mol. The molecular formula is C14H18O4. The highest BCUT2D eigenvalue weighted by Crippen LogP contribution is 2.65. The van der Waals surface area contributed by atoms with Crippen LogP contribution in [0.1, 0.15) is 26.2 Å². The molecule has 2 saturated carbocycles. The largest absolute Gasteiger partial charge is 0.500 e. The Morgan fingerprint density at radius 2 is 2.33 bits per heavy atom. The summed E-state index contributed by atoms with van der Waals surface area (Å²) in [6, 6.07) is 0. The molecule has 3 rings (SSSR count). The molecule has 98 valence electrons. The maximum Gasteiger partial charge on any atom is 0.302 e. The molecule has 0 aromatic heterocycles. The topological polar surface area (TPSA) is 52.6 Å². The maximum atomic E-state index is 12.0. The number of carbonyl (C=O) groups excluding carboxylic acids is 2. The highest BCUT2D eigenvalue weighted by atomic mass is 16.5. The second kappa shape index (κ2) is 3.84. The van der Waals surface area contributed by atoms with Crippen LogP contribution in [-0.4, -0.2) is 25.5 Å². The van der Waals surface area contributed by atoms with Crippen LogP contribution >= 0.6 is 0 Å². The lowest BCUT2D eigenvalue weighted by atomic mass is 9.54. The molecule has 4 atom stereocenters. The van der Waals surface area contributed by atoms with Crippen molar-refractivity contribution < 1.29 is 19.1 Å². The zero-order valence-electron chi connectivity index (χ0n) is 10.8. The van der Waals surface area contributed by atoms with Crippen LogP contribution in [0.2, 0.25) is 0 Å². The van der Waals surface area contributed by atoms with Gasteiger partial charge in [0.25, 0.3) is 0 Å². The van der Waals surface area contributed by atoms with Crippen LogP contribution in [-0.2, 0) is 19.1 Å². The van der Waals surface area contributed by atoms with Gasteiger partial charge >= 0.3 is 5.97 Å². The first-order chi connectivity index (χ1) is 8.58. The number of hydrogen-bond acceptors (Lipinski definition) is 4. The van der Waals surface area contributed by atoms with Gasteiger partial charge in [-0.25, -0.2) is 0 Å². The number of rotatable bonds is 3. The lowest BCUT2D eigenvalue weighted by Gasteiger charge is -2.50. The van der Waals surface area contributed by atoms with Gasteiger partial charge in [0, 0.05) is 18.9 Å². The first-order valence-electron chi connectivity index (χ1n) is 6.52. The Labute approximate surface area is 106 Å². The van der Waals surface area contributed by atoms with Crippen molar-refractivity contribution in [2.45, 2.75) is 26.2 Å². The summed E-state index contributed by atoms with van der Waals surface area (Å²) >= 11 is 0. The third-order valence-electron chi connectivity index (χ3n) is 4.98. The summed E-state index contributed by atoms with van der Waals surface area (Å²) in [6.45, 7) is 1.78. The average molecular weight is 250 g/mol. The fraction of sp³-hybridized carbons (Fsp3) is 0.714. The van der Waals surface area contributed by atoms with E-state index in [-0.39, 0.29) is 23.1 Å². The normalized spacial score (nSPS) is 40.7. The lowest BCUT2D eigenvalue weighted by Crippen LogP contribution is -2.52. The second-order valence-electron chi connectivity index (χ2n) is 5.72. The fourth-order valence-corrected chi connectivity index (χ4v) is 4.19. The van der Waals surface area contributed by atoms with E-state index >= 15 is 0 Å². The maximum absolute atomic E-state index is 12.0. The molecule has 4 nitrogen and oxygen atoms in total. The summed E-state index contributed by atoms with van der Waals surface area (Å²) in [7, 11) is 1.60. The Morgan fingerprint density at radius 1 is 1.56 bits per heavy atom. The van der Waals surface area contributed by atoms with Crippen LogP contribution in [0, 0.1) is 23.2 Å². The van der Waals surface area contributed by atoms with Gasteiger partial charge in [-0.3, -0.25) is 9.59 Å². The smallest absolute Gasteiger partial charge is 0.302 e. The van der Waals surface area contributed by atoms with Crippen molar-refractivity contribution in [3.05, 3.63) is 11.8 Å². The molecule has 0 N–H and O–H groups in total. The van der Waals surface area contributed by atoms with Crippen molar-refractivity contribution in [1.82, 2.24) is 0 Å². The molecule has 18 heavy (non-hydrogen) atoms. The number of methoxy groups -OCH3 is 1. The van der Waals surface area contributed by atoms with Crippen LogP contribution in [0.3, 0.4) is 0 Å². The Bertz CT molecular complexity index is 439. The zero-order valence-corrected chi connectivity index (χ0v) is 10.8. The molecular weight excluding hydrogens is 232 g/mol. The molecule has 0 saturated heterocycles. The second-order valence-corrected chi connectivity index (χ2v) is 5.72. The van der Waals surface area contributed by atoms with E-state index < -0.39 is 0 Å². The van der Waals surface area contributed by atoms with Gasteiger partial charge in [0.05, 0.1) is 12.5 Å². The van der Waals surface area contributed by atoms with E-state index in [1.807, 2.05) is 0 Å². The van der Waals surface area contributed by atoms with E-state index in [1.54, 1.807) is 13.2 Å². The molecule has 0 spiro atoms. The van der Waals surface area contributed by atoms with Crippen molar-refractivity contribution in [3.8, 4) is 0 Å². The highest BCUT2D eigenvalue weighted by Gasteiger charge is 2.64. The summed E-state index contributed by atoms with van der Waals surface area (Å²) < 4.78 is 10.7. The third kappa shape index (κ3) is 1.38. The summed E-state index contributed by atoms with van der Waals surface area (Å²) in [5.74, 6) is 1.70. The number of esters is 1. The lowest BCUT2D eigenvalue weighted by molar-refractivity contribution is -0.150. The van der Waals surface area contributed by atoms with Gasteiger partial charge in [0.1, 0.15) is 12.4 Å². The van der Waals surface area contributed by atoms with Gasteiger partial charge < -0.3 is 9.47 Å². The van der Waals surface area contributed by atoms with Crippen LogP contribution in [0.15, 0.2) is 11.8 Å². The molecule has 4 heteroatoms. The number of carbonyl (C=O) groups is 2. The van der Waals surface area contributed by atoms with Crippen LogP contribution in [0.4, 0.5) is 0 Å². The summed E-state index contributed by atoms with van der Waals surface area (Å²) in [6.07, 6.45) is 4.69. The Kier molecular flexibility index (Phi) is 2.50. The van der Waals surface area contributed by atoms with E-state index in [0.717, 1.165) is 25.0 Å². The molecule has 0 unspecified atom stereocenters. The van der Waals surface area contributed by atoms with Crippen LogP contribution in [0.5, 0.6) is 0 Å². The summed E-state index contributed by atoms with van der Waals surface area (Å²) in [4.78, 5) is 23.0. The number of ether oxygens (including phenoxy) is 2. The molecule has 0 heterocycles. The summed E-state index contributed by atoms with van der Waals surface area (Å²) in [5, 5.41) is 0. The van der Waals surface area contributed by atoms with E-state index in [4.69, 9.17) is 9.47 Å². The Hall–Kier alpha value is -1.32. The fourth-order valence-electron chi connectivity index (χ4n) is 4.19. The van der Waals surface area contributed by atoms with Gasteiger partial charge in [-0.15, -0.1) is 0 Å². The van der Waals surface area contributed by atoms with Crippen molar-refractivity contribution in [2.24, 2.45) is 23.2 Å². The van der Waals surface area contributed by atoms with Crippen molar-refractivity contribution in [1.29, 1.82) is 0 Å². The van der Waals surface area contributed by atoms with E-state index in [9.17, 15) is 9.59 Å². The first-order valence-corrected chi connectivity index (χ1v) is 6.52. The summed E-state index contributed by atoms with van der Waals surface area (Å²) in [5.41, 5.74) is -0.234. The molecule has 2 fully saturated rings. The Balaban J connectivity index is 1.95. The molecule has 0 aromatic carbocycles. The Morgan fingerprint density at radius 3 is 3.00 bits per heavy atom. The first kappa shape index (κ1) is 11.8. The predicted octanol–water partition coefficient (Wildman–Crippen LogP) is 1.70. The van der Waals surface area contributed by atoms with Crippen molar-refractivity contribution in [3.63, 3.8) is 0 Å². The van der Waals surface area contributed by atoms with Crippen LogP contribution in [0.25, 0.3) is 0 Å². The monoisotopic (exact) mass is 250 g/mol. The minimum atomic E-state index is -0.268. The van der Waals surface area contributed by atoms with Gasteiger partial charge in [0.2, 0.25) is 0 Å². The number of ketones is 1. The number of hydrogen-bond donors (Lipinski definition) is 0. The third-order valence-corrected chi connectivity index (χ3v) is 4.98. The van der Waals surface area contributed by atoms with Gasteiger partial charge in [-0.2, -0.15) is 0 Å². The quantitative estimate of drug-likeness (QED) is 0.715. The zero-order chi connectivity index (χ0) is 12.9. The molecule has 0 bridgehead atoms. The highest BCUT2D eigenvalue weighted by molar-refractivity contribution is 5.94. The molecule has 0 radical (unpaired) electrons. The minimum Gasteiger partial charge on any atom is -0.500 e. The molecule has 0 aromatic rings. The van der Waals surface area contributed by atoms with Crippen molar-refractivity contribution >= 4 is 11.8 Å².